The van der Waals surface area contributed by atoms with E-state index >= 15 is 0 Å². The second kappa shape index (κ2) is 8.97. The number of unbranched alkanes of at least 4 members (excludes halogenated alkanes) is 1. The zero-order valence-electron chi connectivity index (χ0n) is 10.7. The van der Waals surface area contributed by atoms with Gasteiger partial charge in [0.1, 0.15) is 5.82 Å². The fourth-order valence-electron chi connectivity index (χ4n) is 1.49. The molecule has 0 aliphatic rings. The number of amides is 1. The Bertz CT molecular complexity index is 371. The fraction of sp³-hybridized carbons (Fsp3) is 0.500. The number of carbonyl (C=O) groups excluding carboxylic acids is 1. The number of thioether (sulfide) groups is 1. The molecule has 2 nitrogen and oxygen atoms in total. The summed E-state index contributed by atoms with van der Waals surface area (Å²) in [4.78, 5) is 11.3. The quantitative estimate of drug-likeness (QED) is 0.733. The molecular weight excluding hydrogens is 249 g/mol. The molecule has 1 rings (SSSR count). The van der Waals surface area contributed by atoms with Gasteiger partial charge in [-0.25, -0.2) is 4.39 Å². The minimum atomic E-state index is -0.156. The smallest absolute Gasteiger partial charge is 0.220 e. The highest BCUT2D eigenvalue weighted by molar-refractivity contribution is 7.98. The van der Waals surface area contributed by atoms with E-state index < -0.39 is 0 Å². The summed E-state index contributed by atoms with van der Waals surface area (Å²) in [5.74, 6) is 1.42. The second-order valence-electron chi connectivity index (χ2n) is 4.10. The summed E-state index contributed by atoms with van der Waals surface area (Å²) in [5, 5.41) is 2.86. The summed E-state index contributed by atoms with van der Waals surface area (Å²) in [5.41, 5.74) is 0.722. The van der Waals surface area contributed by atoms with Crippen molar-refractivity contribution >= 4 is 17.7 Å². The van der Waals surface area contributed by atoms with Gasteiger partial charge in [0.15, 0.2) is 0 Å². The molecular formula is C14H20FNOS. The summed E-state index contributed by atoms with van der Waals surface area (Å²) >= 11 is 1.63. The average Bonchev–Trinajstić information content (AvgIpc) is 2.38. The maximum atomic E-state index is 13.3. The van der Waals surface area contributed by atoms with E-state index in [0.29, 0.717) is 18.7 Å². The molecule has 0 radical (unpaired) electrons. The molecule has 0 aliphatic carbocycles. The van der Waals surface area contributed by atoms with Crippen LogP contribution < -0.4 is 5.32 Å². The first-order valence-electron chi connectivity index (χ1n) is 6.32. The van der Waals surface area contributed by atoms with E-state index in [2.05, 4.69) is 12.2 Å². The van der Waals surface area contributed by atoms with E-state index in [1.54, 1.807) is 23.9 Å². The molecule has 0 heterocycles. The predicted molar refractivity (Wildman–Crippen MR) is 75.1 cm³/mol. The maximum Gasteiger partial charge on any atom is 0.220 e. The molecule has 0 fully saturated rings. The van der Waals surface area contributed by atoms with Crippen molar-refractivity contribution in [2.24, 2.45) is 0 Å². The number of carbonyl (C=O) groups is 1. The lowest BCUT2D eigenvalue weighted by Crippen LogP contribution is -2.25. The van der Waals surface area contributed by atoms with Crippen LogP contribution >= 0.6 is 11.8 Å². The molecule has 0 atom stereocenters. The van der Waals surface area contributed by atoms with Gasteiger partial charge in [-0.3, -0.25) is 4.79 Å². The molecule has 100 valence electrons. The second-order valence-corrected chi connectivity index (χ2v) is 5.20. The van der Waals surface area contributed by atoms with Crippen molar-refractivity contribution in [1.82, 2.24) is 5.32 Å². The Hall–Kier alpha value is -1.03. The molecule has 0 spiro atoms. The van der Waals surface area contributed by atoms with Crippen LogP contribution in [0.2, 0.25) is 0 Å². The third kappa shape index (κ3) is 6.05. The molecule has 1 amide bonds. The number of hydrogen-bond donors (Lipinski definition) is 1. The highest BCUT2D eigenvalue weighted by atomic mass is 32.2. The van der Waals surface area contributed by atoms with Crippen molar-refractivity contribution in [3.63, 3.8) is 0 Å². The predicted octanol–water partition coefficient (Wildman–Crippen LogP) is 3.37. The van der Waals surface area contributed by atoms with Crippen molar-refractivity contribution in [1.29, 1.82) is 0 Å². The van der Waals surface area contributed by atoms with Crippen molar-refractivity contribution in [2.45, 2.75) is 31.9 Å². The van der Waals surface area contributed by atoms with Crippen molar-refractivity contribution in [2.75, 3.05) is 12.3 Å². The van der Waals surface area contributed by atoms with Crippen molar-refractivity contribution in [3.05, 3.63) is 35.6 Å². The minimum Gasteiger partial charge on any atom is -0.355 e. The summed E-state index contributed by atoms with van der Waals surface area (Å²) in [6, 6.07) is 6.80. The first-order valence-corrected chi connectivity index (χ1v) is 7.47. The van der Waals surface area contributed by atoms with Gasteiger partial charge in [-0.2, -0.15) is 11.8 Å². The highest BCUT2D eigenvalue weighted by Crippen LogP contribution is 2.14. The Morgan fingerprint density at radius 2 is 2.17 bits per heavy atom. The lowest BCUT2D eigenvalue weighted by Gasteiger charge is -2.05. The van der Waals surface area contributed by atoms with Gasteiger partial charge in [-0.15, -0.1) is 0 Å². The molecule has 0 unspecified atom stereocenters. The summed E-state index contributed by atoms with van der Waals surface area (Å²) < 4.78 is 13.3. The molecule has 1 N–H and O–H groups in total. The molecule has 1 aromatic rings. The van der Waals surface area contributed by atoms with Crippen LogP contribution in [0.5, 0.6) is 0 Å². The van der Waals surface area contributed by atoms with Crippen molar-refractivity contribution in [3.8, 4) is 0 Å². The topological polar surface area (TPSA) is 29.1 Å². The van der Waals surface area contributed by atoms with E-state index in [1.165, 1.54) is 6.07 Å². The fourth-order valence-corrected chi connectivity index (χ4v) is 2.33. The van der Waals surface area contributed by atoms with E-state index in [-0.39, 0.29) is 11.7 Å². The zero-order chi connectivity index (χ0) is 13.2. The van der Waals surface area contributed by atoms with Crippen LogP contribution in [-0.4, -0.2) is 18.2 Å². The van der Waals surface area contributed by atoms with Gasteiger partial charge in [-0.1, -0.05) is 31.5 Å². The normalized spacial score (nSPS) is 10.3. The van der Waals surface area contributed by atoms with Gasteiger partial charge in [-0.05, 0) is 18.1 Å². The standard InChI is InChI=1S/C14H20FNOS/c1-2-3-8-14(17)16-9-10-18-11-12-6-4-5-7-13(12)15/h4-7H,2-3,8-11H2,1H3,(H,16,17). The molecule has 0 aromatic heterocycles. The number of nitrogens with one attached hydrogen (secondary N) is 1. The van der Waals surface area contributed by atoms with Crippen LogP contribution in [-0.2, 0) is 10.5 Å². The van der Waals surface area contributed by atoms with Gasteiger partial charge in [0.05, 0.1) is 0 Å². The first-order chi connectivity index (χ1) is 8.74. The largest absolute Gasteiger partial charge is 0.355 e. The lowest BCUT2D eigenvalue weighted by atomic mass is 10.2. The lowest BCUT2D eigenvalue weighted by molar-refractivity contribution is -0.121. The molecule has 0 aliphatic heterocycles. The Labute approximate surface area is 112 Å². The van der Waals surface area contributed by atoms with Crippen LogP contribution in [0.25, 0.3) is 0 Å². The average molecular weight is 269 g/mol. The highest BCUT2D eigenvalue weighted by Gasteiger charge is 2.01. The zero-order valence-corrected chi connectivity index (χ0v) is 11.6. The SMILES string of the molecule is CCCCC(=O)NCCSCc1ccccc1F. The molecule has 0 saturated heterocycles. The van der Waals surface area contributed by atoms with Gasteiger partial charge in [0.25, 0.3) is 0 Å². The van der Waals surface area contributed by atoms with Crippen LogP contribution in [0.4, 0.5) is 4.39 Å². The molecule has 0 bridgehead atoms. The number of rotatable bonds is 8. The summed E-state index contributed by atoms with van der Waals surface area (Å²) in [6.07, 6.45) is 2.58. The number of benzene rings is 1. The first kappa shape index (κ1) is 15.0. The molecule has 4 heteroatoms. The monoisotopic (exact) mass is 269 g/mol. The van der Waals surface area contributed by atoms with Crippen LogP contribution in [0.15, 0.2) is 24.3 Å². The van der Waals surface area contributed by atoms with Crippen LogP contribution in [0.1, 0.15) is 31.7 Å². The van der Waals surface area contributed by atoms with Crippen LogP contribution in [0.3, 0.4) is 0 Å². The Balaban J connectivity index is 2.09. The summed E-state index contributed by atoms with van der Waals surface area (Å²) in [6.45, 7) is 2.72. The molecule has 1 aromatic carbocycles. The maximum absolute atomic E-state index is 13.3. The van der Waals surface area contributed by atoms with Crippen LogP contribution in [0, 0.1) is 5.82 Å². The minimum absolute atomic E-state index is 0.114. The van der Waals surface area contributed by atoms with E-state index in [1.807, 2.05) is 6.07 Å². The summed E-state index contributed by atoms with van der Waals surface area (Å²) in [7, 11) is 0. The van der Waals surface area contributed by atoms with E-state index in [0.717, 1.165) is 24.2 Å². The number of halogens is 1. The van der Waals surface area contributed by atoms with Crippen molar-refractivity contribution < 1.29 is 9.18 Å². The molecule has 0 saturated carbocycles. The van der Waals surface area contributed by atoms with E-state index in [4.69, 9.17) is 0 Å². The third-order valence-corrected chi connectivity index (χ3v) is 3.55. The van der Waals surface area contributed by atoms with Gasteiger partial charge in [0, 0.05) is 24.5 Å². The Morgan fingerprint density at radius 1 is 1.39 bits per heavy atom. The van der Waals surface area contributed by atoms with Gasteiger partial charge in [0.2, 0.25) is 5.91 Å². The van der Waals surface area contributed by atoms with Gasteiger partial charge < -0.3 is 5.32 Å². The number of hydrogen-bond acceptors (Lipinski definition) is 2. The van der Waals surface area contributed by atoms with E-state index in [9.17, 15) is 9.18 Å². The Morgan fingerprint density at radius 3 is 2.89 bits per heavy atom. The Kier molecular flexibility index (Phi) is 7.49. The van der Waals surface area contributed by atoms with Gasteiger partial charge >= 0.3 is 0 Å². The molecule has 18 heavy (non-hydrogen) atoms. The third-order valence-electron chi connectivity index (χ3n) is 2.54.